The smallest absolute Gasteiger partial charge is 0.234 e. The number of ether oxygens (including phenoxy) is 1. The molecule has 2 N–H and O–H groups in total. The summed E-state index contributed by atoms with van der Waals surface area (Å²) in [7, 11) is -1.74. The Labute approximate surface area is 101 Å². The van der Waals surface area contributed by atoms with Crippen LogP contribution in [-0.2, 0) is 10.0 Å². The van der Waals surface area contributed by atoms with Crippen molar-refractivity contribution >= 4 is 15.7 Å². The van der Waals surface area contributed by atoms with Crippen molar-refractivity contribution in [1.82, 2.24) is 5.32 Å². The lowest BCUT2D eigenvalue weighted by atomic mass is 10.1. The minimum Gasteiger partial charge on any atom is -0.497 e. The first kappa shape index (κ1) is 12.2. The molecule has 1 aromatic carbocycles. The van der Waals surface area contributed by atoms with E-state index in [1.165, 1.54) is 0 Å². The summed E-state index contributed by atoms with van der Waals surface area (Å²) in [5, 5.41) is 3.07. The molecule has 0 aromatic heterocycles. The first-order valence-corrected chi connectivity index (χ1v) is 7.12. The van der Waals surface area contributed by atoms with Crippen molar-refractivity contribution in [3.05, 3.63) is 24.3 Å². The molecule has 1 unspecified atom stereocenters. The second-order valence-electron chi connectivity index (χ2n) is 4.06. The average molecular weight is 256 g/mol. The van der Waals surface area contributed by atoms with Crippen LogP contribution in [0.25, 0.3) is 0 Å². The first-order valence-electron chi connectivity index (χ1n) is 5.47. The molecule has 0 amide bonds. The lowest BCUT2D eigenvalue weighted by Gasteiger charge is -2.27. The van der Waals surface area contributed by atoms with Gasteiger partial charge in [0.2, 0.25) is 10.0 Å². The summed E-state index contributed by atoms with van der Waals surface area (Å²) in [6.07, 6.45) is 0.916. The Morgan fingerprint density at radius 1 is 1.53 bits per heavy atom. The second-order valence-corrected chi connectivity index (χ2v) is 5.82. The van der Waals surface area contributed by atoms with Gasteiger partial charge in [-0.2, -0.15) is 0 Å². The molecule has 0 radical (unpaired) electrons. The molecule has 1 heterocycles. The highest BCUT2D eigenvalue weighted by atomic mass is 32.2. The molecular weight excluding hydrogens is 240 g/mol. The molecular formula is C11H16N2O3S. The number of hydrogen-bond acceptors (Lipinski definition) is 4. The third kappa shape index (κ3) is 3.34. The molecule has 1 fully saturated rings. The van der Waals surface area contributed by atoms with Gasteiger partial charge in [-0.15, -0.1) is 0 Å². The van der Waals surface area contributed by atoms with E-state index in [9.17, 15) is 8.42 Å². The summed E-state index contributed by atoms with van der Waals surface area (Å²) in [4.78, 5) is 0. The summed E-state index contributed by atoms with van der Waals surface area (Å²) in [6.45, 7) is 0.902. The predicted molar refractivity (Wildman–Crippen MR) is 66.8 cm³/mol. The number of benzene rings is 1. The Hall–Kier alpha value is -1.27. The lowest BCUT2D eigenvalue weighted by Crippen LogP contribution is -2.48. The van der Waals surface area contributed by atoms with Gasteiger partial charge < -0.3 is 10.1 Å². The predicted octanol–water partition coefficient (Wildman–Crippen LogP) is 0.799. The fraction of sp³-hybridized carbons (Fsp3) is 0.455. The van der Waals surface area contributed by atoms with Crippen LogP contribution in [0.15, 0.2) is 24.3 Å². The fourth-order valence-corrected chi connectivity index (χ4v) is 3.05. The van der Waals surface area contributed by atoms with Gasteiger partial charge in [-0.3, -0.25) is 4.72 Å². The van der Waals surface area contributed by atoms with Crippen molar-refractivity contribution in [2.45, 2.75) is 12.5 Å². The molecule has 6 heteroatoms. The zero-order valence-electron chi connectivity index (χ0n) is 9.64. The molecule has 5 nitrogen and oxygen atoms in total. The minimum atomic E-state index is -3.29. The van der Waals surface area contributed by atoms with Crippen LogP contribution in [0.3, 0.4) is 0 Å². The molecule has 17 heavy (non-hydrogen) atoms. The Bertz CT molecular complexity index is 483. The van der Waals surface area contributed by atoms with Crippen molar-refractivity contribution < 1.29 is 13.2 Å². The van der Waals surface area contributed by atoms with Gasteiger partial charge in [0.1, 0.15) is 5.75 Å². The van der Waals surface area contributed by atoms with E-state index < -0.39 is 10.0 Å². The zero-order valence-corrected chi connectivity index (χ0v) is 10.5. The third-order valence-corrected chi connectivity index (χ3v) is 4.08. The first-order chi connectivity index (χ1) is 8.09. The van der Waals surface area contributed by atoms with E-state index in [0.717, 1.165) is 13.0 Å². The van der Waals surface area contributed by atoms with E-state index in [4.69, 9.17) is 4.74 Å². The number of hydrogen-bond donors (Lipinski definition) is 2. The van der Waals surface area contributed by atoms with Crippen LogP contribution in [0.4, 0.5) is 5.69 Å². The summed E-state index contributed by atoms with van der Waals surface area (Å²) in [6, 6.07) is 6.96. The Kier molecular flexibility index (Phi) is 3.54. The van der Waals surface area contributed by atoms with Crippen LogP contribution in [0.5, 0.6) is 5.75 Å². The number of rotatable bonds is 5. The van der Waals surface area contributed by atoms with Gasteiger partial charge in [0.05, 0.1) is 18.6 Å². The molecule has 2 rings (SSSR count). The summed E-state index contributed by atoms with van der Waals surface area (Å²) in [5.41, 5.74) is 0.531. The summed E-state index contributed by atoms with van der Waals surface area (Å²) >= 11 is 0. The molecule has 94 valence electrons. The van der Waals surface area contributed by atoms with Gasteiger partial charge in [-0.1, -0.05) is 6.07 Å². The van der Waals surface area contributed by atoms with Crippen LogP contribution in [0, 0.1) is 0 Å². The summed E-state index contributed by atoms with van der Waals surface area (Å²) in [5.74, 6) is 0.747. The van der Waals surface area contributed by atoms with Gasteiger partial charge >= 0.3 is 0 Å². The Morgan fingerprint density at radius 3 is 2.88 bits per heavy atom. The van der Waals surface area contributed by atoms with Crippen molar-refractivity contribution in [3.63, 3.8) is 0 Å². The van der Waals surface area contributed by atoms with Crippen molar-refractivity contribution in [1.29, 1.82) is 0 Å². The average Bonchev–Trinajstić information content (AvgIpc) is 2.23. The monoisotopic (exact) mass is 256 g/mol. The number of anilines is 1. The van der Waals surface area contributed by atoms with Crippen molar-refractivity contribution in [2.75, 3.05) is 24.1 Å². The minimum absolute atomic E-state index is 0.0816. The molecule has 1 aliphatic heterocycles. The van der Waals surface area contributed by atoms with Gasteiger partial charge in [0, 0.05) is 12.1 Å². The van der Waals surface area contributed by atoms with Gasteiger partial charge in [-0.25, -0.2) is 8.42 Å². The number of nitrogens with one attached hydrogen (secondary N) is 2. The quantitative estimate of drug-likeness (QED) is 0.817. The van der Waals surface area contributed by atoms with Crippen molar-refractivity contribution in [2.24, 2.45) is 0 Å². The highest BCUT2D eigenvalue weighted by molar-refractivity contribution is 7.92. The maximum absolute atomic E-state index is 11.8. The topological polar surface area (TPSA) is 67.4 Å². The van der Waals surface area contributed by atoms with Crippen LogP contribution in [0.1, 0.15) is 6.42 Å². The van der Waals surface area contributed by atoms with Gasteiger partial charge in [0.15, 0.2) is 0 Å². The molecule has 1 atom stereocenters. The third-order valence-electron chi connectivity index (χ3n) is 2.69. The van der Waals surface area contributed by atoms with Crippen LogP contribution in [-0.4, -0.2) is 33.9 Å². The molecule has 1 aliphatic rings. The molecule has 0 bridgehead atoms. The van der Waals surface area contributed by atoms with Crippen molar-refractivity contribution in [3.8, 4) is 5.75 Å². The maximum atomic E-state index is 11.8. The lowest BCUT2D eigenvalue weighted by molar-refractivity contribution is 0.399. The Balaban J connectivity index is 2.02. The molecule has 1 aromatic rings. The van der Waals surface area contributed by atoms with Crippen LogP contribution < -0.4 is 14.8 Å². The standard InChI is InChI=1S/C11H16N2O3S/c1-16-11-4-2-3-9(7-11)13-17(14,15)8-10-5-6-12-10/h2-4,7,10,12-13H,5-6,8H2,1H3. The highest BCUT2D eigenvalue weighted by Gasteiger charge is 2.23. The van der Waals surface area contributed by atoms with Gasteiger partial charge in [-0.05, 0) is 25.1 Å². The van der Waals surface area contributed by atoms with Gasteiger partial charge in [0.25, 0.3) is 0 Å². The van der Waals surface area contributed by atoms with Crippen LogP contribution in [0.2, 0.25) is 0 Å². The molecule has 1 saturated heterocycles. The van der Waals surface area contributed by atoms with E-state index in [1.807, 2.05) is 0 Å². The fourth-order valence-electron chi connectivity index (χ4n) is 1.66. The normalized spacial score (nSPS) is 19.5. The SMILES string of the molecule is COc1cccc(NS(=O)(=O)CC2CCN2)c1. The van der Waals surface area contributed by atoms with E-state index in [0.29, 0.717) is 11.4 Å². The number of sulfonamides is 1. The maximum Gasteiger partial charge on any atom is 0.234 e. The van der Waals surface area contributed by atoms with E-state index >= 15 is 0 Å². The molecule has 0 saturated carbocycles. The van der Waals surface area contributed by atoms with E-state index in [2.05, 4.69) is 10.0 Å². The largest absolute Gasteiger partial charge is 0.497 e. The molecule has 0 spiro atoms. The van der Waals surface area contributed by atoms with Crippen LogP contribution >= 0.6 is 0 Å². The van der Waals surface area contributed by atoms with E-state index in [-0.39, 0.29) is 11.8 Å². The zero-order chi connectivity index (χ0) is 12.3. The number of methoxy groups -OCH3 is 1. The second kappa shape index (κ2) is 4.93. The summed E-state index contributed by atoms with van der Waals surface area (Å²) < 4.78 is 31.2. The van der Waals surface area contributed by atoms with E-state index in [1.54, 1.807) is 31.4 Å². The Morgan fingerprint density at radius 2 is 2.29 bits per heavy atom. The highest BCUT2D eigenvalue weighted by Crippen LogP contribution is 2.18. The molecule has 0 aliphatic carbocycles.